The van der Waals surface area contributed by atoms with Crippen molar-refractivity contribution < 1.29 is 19.0 Å². The van der Waals surface area contributed by atoms with Crippen molar-refractivity contribution in [2.45, 2.75) is 25.4 Å². The summed E-state index contributed by atoms with van der Waals surface area (Å²) in [7, 11) is 0. The summed E-state index contributed by atoms with van der Waals surface area (Å²) in [6, 6.07) is 4.39. The molecule has 0 radical (unpaired) electrons. The van der Waals surface area contributed by atoms with Crippen molar-refractivity contribution in [2.75, 3.05) is 13.2 Å². The number of aliphatic hydroxyl groups is 1. The Morgan fingerprint density at radius 2 is 2.30 bits per heavy atom. The number of halogens is 2. The zero-order valence-corrected chi connectivity index (χ0v) is 12.5. The van der Waals surface area contributed by atoms with E-state index in [1.54, 1.807) is 6.07 Å². The third-order valence-electron chi connectivity index (χ3n) is 3.43. The van der Waals surface area contributed by atoms with Gasteiger partial charge in [-0.2, -0.15) is 0 Å². The number of benzene rings is 1. The molecule has 20 heavy (non-hydrogen) atoms. The highest BCUT2D eigenvalue weighted by molar-refractivity contribution is 9.10. The Morgan fingerprint density at radius 1 is 1.50 bits per heavy atom. The molecule has 1 fully saturated rings. The van der Waals surface area contributed by atoms with E-state index in [9.17, 15) is 14.3 Å². The van der Waals surface area contributed by atoms with Crippen LogP contribution < -0.4 is 10.1 Å². The quantitative estimate of drug-likeness (QED) is 0.860. The van der Waals surface area contributed by atoms with E-state index in [-0.39, 0.29) is 30.3 Å². The van der Waals surface area contributed by atoms with Crippen LogP contribution in [0, 0.1) is 11.7 Å². The summed E-state index contributed by atoms with van der Waals surface area (Å²) >= 11 is 3.15. The summed E-state index contributed by atoms with van der Waals surface area (Å²) < 4.78 is 19.2. The maximum Gasteiger partial charge on any atom is 0.257 e. The summed E-state index contributed by atoms with van der Waals surface area (Å²) in [6.07, 6.45) is 2.37. The van der Waals surface area contributed by atoms with Gasteiger partial charge in [0.25, 0.3) is 5.91 Å². The lowest BCUT2D eigenvalue weighted by Gasteiger charge is -2.15. The Bertz CT molecular complexity index is 483. The molecule has 0 heterocycles. The Morgan fingerprint density at radius 3 is 2.95 bits per heavy atom. The summed E-state index contributed by atoms with van der Waals surface area (Å²) in [6.45, 7) is 0.202. The minimum atomic E-state index is -0.515. The largest absolute Gasteiger partial charge is 0.481 e. The van der Waals surface area contributed by atoms with Crippen LogP contribution in [0.3, 0.4) is 0 Å². The highest BCUT2D eigenvalue weighted by Crippen LogP contribution is 2.24. The second-order valence-corrected chi connectivity index (χ2v) is 5.84. The van der Waals surface area contributed by atoms with Crippen LogP contribution in [-0.4, -0.2) is 30.3 Å². The van der Waals surface area contributed by atoms with Crippen LogP contribution in [0.4, 0.5) is 4.39 Å². The predicted molar refractivity (Wildman–Crippen MR) is 76.0 cm³/mol. The third kappa shape index (κ3) is 4.18. The lowest BCUT2D eigenvalue weighted by Crippen LogP contribution is -2.35. The van der Waals surface area contributed by atoms with Crippen molar-refractivity contribution in [3.05, 3.63) is 28.5 Å². The average molecular weight is 346 g/mol. The van der Waals surface area contributed by atoms with E-state index in [2.05, 4.69) is 21.2 Å². The molecule has 0 spiro atoms. The molecular formula is C14H17BrFNO3. The van der Waals surface area contributed by atoms with Gasteiger partial charge in [-0.1, -0.05) is 22.4 Å². The first kappa shape index (κ1) is 15.3. The summed E-state index contributed by atoms with van der Waals surface area (Å²) in [5, 5.41) is 12.3. The second kappa shape index (κ2) is 7.04. The molecular weight excluding hydrogens is 329 g/mol. The lowest BCUT2D eigenvalue weighted by atomic mass is 10.1. The lowest BCUT2D eigenvalue weighted by molar-refractivity contribution is -0.123. The highest BCUT2D eigenvalue weighted by Gasteiger charge is 2.25. The van der Waals surface area contributed by atoms with Crippen molar-refractivity contribution >= 4 is 21.8 Å². The number of rotatable bonds is 5. The van der Waals surface area contributed by atoms with Gasteiger partial charge in [0.05, 0.1) is 6.10 Å². The smallest absolute Gasteiger partial charge is 0.257 e. The molecule has 1 aliphatic rings. The summed E-state index contributed by atoms with van der Waals surface area (Å²) in [4.78, 5) is 11.6. The Balaban J connectivity index is 1.74. The molecule has 4 nitrogen and oxygen atoms in total. The molecule has 110 valence electrons. The fourth-order valence-corrected chi connectivity index (χ4v) is 2.62. The maximum atomic E-state index is 13.5. The first-order valence-corrected chi connectivity index (χ1v) is 7.38. The van der Waals surface area contributed by atoms with E-state index in [1.165, 1.54) is 12.1 Å². The number of hydrogen-bond donors (Lipinski definition) is 2. The van der Waals surface area contributed by atoms with Crippen molar-refractivity contribution in [1.29, 1.82) is 0 Å². The van der Waals surface area contributed by atoms with Crippen molar-refractivity contribution in [2.24, 2.45) is 5.92 Å². The monoisotopic (exact) mass is 345 g/mol. The number of ether oxygens (including phenoxy) is 1. The Kier molecular flexibility index (Phi) is 5.37. The molecule has 0 aromatic heterocycles. The molecule has 1 saturated carbocycles. The normalized spacial score (nSPS) is 21.8. The van der Waals surface area contributed by atoms with Gasteiger partial charge in [-0.15, -0.1) is 0 Å². The van der Waals surface area contributed by atoms with Crippen LogP contribution in [0.15, 0.2) is 22.7 Å². The molecule has 0 bridgehead atoms. The number of hydrogen-bond acceptors (Lipinski definition) is 3. The van der Waals surface area contributed by atoms with Crippen LogP contribution in [0.2, 0.25) is 0 Å². The Hall–Kier alpha value is -1.14. The molecule has 2 N–H and O–H groups in total. The molecule has 1 aromatic carbocycles. The molecule has 6 heteroatoms. The van der Waals surface area contributed by atoms with Crippen LogP contribution in [0.5, 0.6) is 5.75 Å². The summed E-state index contributed by atoms with van der Waals surface area (Å²) in [5.41, 5.74) is 0. The number of amides is 1. The fourth-order valence-electron chi connectivity index (χ4n) is 2.29. The van der Waals surface area contributed by atoms with Crippen molar-refractivity contribution in [3.8, 4) is 5.75 Å². The molecule has 1 aromatic rings. The number of nitrogens with one attached hydrogen (secondary N) is 1. The van der Waals surface area contributed by atoms with Crippen molar-refractivity contribution in [1.82, 2.24) is 5.32 Å². The van der Waals surface area contributed by atoms with E-state index >= 15 is 0 Å². The minimum absolute atomic E-state index is 0.0456. The van der Waals surface area contributed by atoms with E-state index in [1.807, 2.05) is 0 Å². The van der Waals surface area contributed by atoms with Gasteiger partial charge in [0.1, 0.15) is 0 Å². The third-order valence-corrected chi connectivity index (χ3v) is 3.93. The van der Waals surface area contributed by atoms with Gasteiger partial charge in [0.15, 0.2) is 18.2 Å². The highest BCUT2D eigenvalue weighted by atomic mass is 79.9. The molecule has 1 amide bonds. The Labute approximate surface area is 125 Å². The minimum Gasteiger partial charge on any atom is -0.481 e. The first-order valence-electron chi connectivity index (χ1n) is 6.59. The molecule has 1 aliphatic carbocycles. The zero-order valence-electron chi connectivity index (χ0n) is 10.9. The maximum absolute atomic E-state index is 13.5. The molecule has 0 aliphatic heterocycles. The van der Waals surface area contributed by atoms with Crippen LogP contribution in [0.1, 0.15) is 19.3 Å². The predicted octanol–water partition coefficient (Wildman–Crippen LogP) is 2.24. The molecule has 0 saturated heterocycles. The zero-order chi connectivity index (χ0) is 14.5. The molecule has 2 rings (SSSR count). The van der Waals surface area contributed by atoms with E-state index in [0.29, 0.717) is 11.0 Å². The SMILES string of the molecule is O=C(COc1ccc(Br)cc1F)NCC1CCCC1O. The van der Waals surface area contributed by atoms with Crippen LogP contribution in [-0.2, 0) is 4.79 Å². The van der Waals surface area contributed by atoms with Gasteiger partial charge in [-0.25, -0.2) is 4.39 Å². The number of carbonyl (C=O) groups excluding carboxylic acids is 1. The van der Waals surface area contributed by atoms with Gasteiger partial charge in [-0.3, -0.25) is 4.79 Å². The number of aliphatic hydroxyl groups excluding tert-OH is 1. The van der Waals surface area contributed by atoms with E-state index < -0.39 is 5.82 Å². The molecule has 2 atom stereocenters. The van der Waals surface area contributed by atoms with Gasteiger partial charge in [-0.05, 0) is 31.0 Å². The van der Waals surface area contributed by atoms with Crippen LogP contribution in [0.25, 0.3) is 0 Å². The van der Waals surface area contributed by atoms with Crippen molar-refractivity contribution in [3.63, 3.8) is 0 Å². The van der Waals surface area contributed by atoms with Crippen LogP contribution >= 0.6 is 15.9 Å². The van der Waals surface area contributed by atoms with Gasteiger partial charge < -0.3 is 15.2 Å². The van der Waals surface area contributed by atoms with Gasteiger partial charge in [0.2, 0.25) is 0 Å². The first-order chi connectivity index (χ1) is 9.56. The summed E-state index contributed by atoms with van der Waals surface area (Å²) in [5.74, 6) is -0.669. The fraction of sp³-hybridized carbons (Fsp3) is 0.500. The van der Waals surface area contributed by atoms with Gasteiger partial charge in [0, 0.05) is 16.9 Å². The van der Waals surface area contributed by atoms with Gasteiger partial charge >= 0.3 is 0 Å². The number of carbonyl (C=O) groups is 1. The topological polar surface area (TPSA) is 58.6 Å². The van der Waals surface area contributed by atoms with E-state index in [4.69, 9.17) is 4.74 Å². The van der Waals surface area contributed by atoms with E-state index in [0.717, 1.165) is 19.3 Å². The molecule has 2 unspecified atom stereocenters. The standard InChI is InChI=1S/C14H17BrFNO3/c15-10-4-5-13(11(16)6-10)20-8-14(19)17-7-9-2-1-3-12(9)18/h4-6,9,12,18H,1-3,7-8H2,(H,17,19). The second-order valence-electron chi connectivity index (χ2n) is 4.93. The average Bonchev–Trinajstić information content (AvgIpc) is 2.81.